The predicted molar refractivity (Wildman–Crippen MR) is 95.2 cm³/mol. The normalized spacial score (nSPS) is 22.9. The van der Waals surface area contributed by atoms with Crippen LogP contribution < -0.4 is 0 Å². The van der Waals surface area contributed by atoms with Gasteiger partial charge in [-0.2, -0.15) is 0 Å². The first-order valence-electron chi connectivity index (χ1n) is 9.20. The van der Waals surface area contributed by atoms with Crippen molar-refractivity contribution in [2.45, 2.75) is 51.5 Å². The van der Waals surface area contributed by atoms with E-state index < -0.39 is 0 Å². The van der Waals surface area contributed by atoms with Crippen LogP contribution in [0.3, 0.4) is 0 Å². The van der Waals surface area contributed by atoms with Gasteiger partial charge in [0, 0.05) is 26.1 Å². The molecule has 0 saturated heterocycles. The fraction of sp³-hybridized carbons (Fsp3) is 0.550. The van der Waals surface area contributed by atoms with Gasteiger partial charge in [-0.1, -0.05) is 19.1 Å². The molecular weight excluding hydrogens is 316 g/mol. The molecule has 25 heavy (non-hydrogen) atoms. The van der Waals surface area contributed by atoms with E-state index in [1.807, 2.05) is 11.9 Å². The van der Waals surface area contributed by atoms with Gasteiger partial charge in [0.15, 0.2) is 0 Å². The molecule has 1 fully saturated rings. The molecule has 1 aliphatic heterocycles. The van der Waals surface area contributed by atoms with E-state index in [1.54, 1.807) is 24.3 Å². The molecule has 1 heterocycles. The Hall–Kier alpha value is -2.17. The van der Waals surface area contributed by atoms with Crippen molar-refractivity contribution < 1.29 is 14.4 Å². The minimum absolute atomic E-state index is 0.108. The lowest BCUT2D eigenvalue weighted by atomic mass is 9.86. The summed E-state index contributed by atoms with van der Waals surface area (Å²) in [6.45, 7) is 2.56. The van der Waals surface area contributed by atoms with E-state index in [0.717, 1.165) is 18.8 Å². The molecule has 1 aromatic rings. The van der Waals surface area contributed by atoms with Gasteiger partial charge in [-0.25, -0.2) is 0 Å². The standard InChI is InChI=1S/C20H26N2O3/c1-14-9-11-15(12-10-14)21(2)18(23)8-5-13-22-19(24)16-6-3-4-7-17(16)20(22)25/h3-4,6-7,14-15H,5,8-13H2,1-2H3. The van der Waals surface area contributed by atoms with Crippen molar-refractivity contribution in [3.63, 3.8) is 0 Å². The van der Waals surface area contributed by atoms with Gasteiger partial charge >= 0.3 is 0 Å². The van der Waals surface area contributed by atoms with Crippen LogP contribution in [-0.2, 0) is 4.79 Å². The van der Waals surface area contributed by atoms with Gasteiger partial charge in [0.1, 0.15) is 0 Å². The van der Waals surface area contributed by atoms with Crippen molar-refractivity contribution in [1.29, 1.82) is 0 Å². The molecule has 2 aliphatic rings. The summed E-state index contributed by atoms with van der Waals surface area (Å²) in [5.74, 6) is 0.370. The lowest BCUT2D eigenvalue weighted by molar-refractivity contribution is -0.132. The van der Waals surface area contributed by atoms with Crippen molar-refractivity contribution >= 4 is 17.7 Å². The van der Waals surface area contributed by atoms with Crippen LogP contribution >= 0.6 is 0 Å². The largest absolute Gasteiger partial charge is 0.343 e. The van der Waals surface area contributed by atoms with Crippen LogP contribution in [0.2, 0.25) is 0 Å². The lowest BCUT2D eigenvalue weighted by Gasteiger charge is -2.33. The number of nitrogens with zero attached hydrogens (tertiary/aromatic N) is 2. The van der Waals surface area contributed by atoms with E-state index in [0.29, 0.717) is 36.6 Å². The lowest BCUT2D eigenvalue weighted by Crippen LogP contribution is -2.39. The van der Waals surface area contributed by atoms with Crippen LogP contribution in [0.1, 0.15) is 66.2 Å². The molecule has 0 bridgehead atoms. The molecule has 0 atom stereocenters. The van der Waals surface area contributed by atoms with E-state index in [2.05, 4.69) is 6.92 Å². The first-order chi connectivity index (χ1) is 12.0. The number of imide groups is 1. The number of hydrogen-bond acceptors (Lipinski definition) is 3. The second kappa shape index (κ2) is 7.38. The highest BCUT2D eigenvalue weighted by atomic mass is 16.2. The minimum atomic E-state index is -0.248. The van der Waals surface area contributed by atoms with E-state index in [-0.39, 0.29) is 17.7 Å². The Balaban J connectivity index is 1.49. The molecule has 0 spiro atoms. The van der Waals surface area contributed by atoms with Gasteiger partial charge < -0.3 is 4.90 Å². The highest BCUT2D eigenvalue weighted by molar-refractivity contribution is 6.21. The molecule has 1 aliphatic carbocycles. The van der Waals surface area contributed by atoms with Gasteiger partial charge in [-0.05, 0) is 50.2 Å². The quantitative estimate of drug-likeness (QED) is 0.773. The summed E-state index contributed by atoms with van der Waals surface area (Å²) >= 11 is 0. The van der Waals surface area contributed by atoms with Gasteiger partial charge in [0.25, 0.3) is 11.8 Å². The molecule has 3 amide bonds. The van der Waals surface area contributed by atoms with E-state index >= 15 is 0 Å². The third-order valence-electron chi connectivity index (χ3n) is 5.58. The van der Waals surface area contributed by atoms with Crippen LogP contribution in [0.5, 0.6) is 0 Å². The van der Waals surface area contributed by atoms with Crippen LogP contribution in [0.4, 0.5) is 0 Å². The first kappa shape index (κ1) is 17.6. The monoisotopic (exact) mass is 342 g/mol. The van der Waals surface area contributed by atoms with Gasteiger partial charge in [0.2, 0.25) is 5.91 Å². The molecule has 0 unspecified atom stereocenters. The van der Waals surface area contributed by atoms with Gasteiger partial charge in [-0.3, -0.25) is 19.3 Å². The molecular formula is C20H26N2O3. The molecule has 1 aromatic carbocycles. The second-order valence-corrected chi connectivity index (χ2v) is 7.33. The maximum atomic E-state index is 12.4. The molecule has 3 rings (SSSR count). The van der Waals surface area contributed by atoms with Crippen molar-refractivity contribution in [2.75, 3.05) is 13.6 Å². The van der Waals surface area contributed by atoms with Crippen molar-refractivity contribution in [3.05, 3.63) is 35.4 Å². The Morgan fingerprint density at radius 2 is 1.64 bits per heavy atom. The van der Waals surface area contributed by atoms with Crippen molar-refractivity contribution in [2.24, 2.45) is 5.92 Å². The Morgan fingerprint density at radius 1 is 1.08 bits per heavy atom. The summed E-state index contributed by atoms with van der Waals surface area (Å²) in [5.41, 5.74) is 0.930. The summed E-state index contributed by atoms with van der Waals surface area (Å²) in [4.78, 5) is 40.2. The number of fused-ring (bicyclic) bond motifs is 1. The highest BCUT2D eigenvalue weighted by Crippen LogP contribution is 2.27. The molecule has 0 N–H and O–H groups in total. The molecule has 5 heteroatoms. The van der Waals surface area contributed by atoms with Crippen LogP contribution in [-0.4, -0.2) is 47.2 Å². The van der Waals surface area contributed by atoms with Crippen LogP contribution in [0, 0.1) is 5.92 Å². The summed E-state index contributed by atoms with van der Waals surface area (Å²) in [5, 5.41) is 0. The minimum Gasteiger partial charge on any atom is -0.343 e. The third kappa shape index (κ3) is 3.60. The van der Waals surface area contributed by atoms with Crippen LogP contribution in [0.25, 0.3) is 0 Å². The first-order valence-corrected chi connectivity index (χ1v) is 9.20. The number of carbonyl (C=O) groups excluding carboxylic acids is 3. The fourth-order valence-corrected chi connectivity index (χ4v) is 3.84. The number of benzene rings is 1. The zero-order chi connectivity index (χ0) is 18.0. The third-order valence-corrected chi connectivity index (χ3v) is 5.58. The summed E-state index contributed by atoms with van der Waals surface area (Å²) in [6, 6.07) is 7.22. The molecule has 5 nitrogen and oxygen atoms in total. The molecule has 0 aromatic heterocycles. The van der Waals surface area contributed by atoms with Crippen molar-refractivity contribution in [3.8, 4) is 0 Å². The zero-order valence-corrected chi connectivity index (χ0v) is 15.0. The SMILES string of the molecule is CC1CCC(N(C)C(=O)CCCN2C(=O)c3ccccc3C2=O)CC1. The molecule has 1 saturated carbocycles. The average molecular weight is 342 g/mol. The number of amides is 3. The Kier molecular flexibility index (Phi) is 5.21. The predicted octanol–water partition coefficient (Wildman–Crippen LogP) is 3.10. The second-order valence-electron chi connectivity index (χ2n) is 7.33. The fourth-order valence-electron chi connectivity index (χ4n) is 3.84. The van der Waals surface area contributed by atoms with Crippen molar-refractivity contribution in [1.82, 2.24) is 9.80 Å². The summed E-state index contributed by atoms with van der Waals surface area (Å²) < 4.78 is 0. The Bertz CT molecular complexity index is 642. The summed E-state index contributed by atoms with van der Waals surface area (Å²) in [7, 11) is 1.88. The topological polar surface area (TPSA) is 57.7 Å². The zero-order valence-electron chi connectivity index (χ0n) is 15.0. The van der Waals surface area contributed by atoms with E-state index in [4.69, 9.17) is 0 Å². The smallest absolute Gasteiger partial charge is 0.261 e. The van der Waals surface area contributed by atoms with Gasteiger partial charge in [0.05, 0.1) is 11.1 Å². The van der Waals surface area contributed by atoms with Crippen LogP contribution in [0.15, 0.2) is 24.3 Å². The highest BCUT2D eigenvalue weighted by Gasteiger charge is 2.34. The number of rotatable bonds is 5. The molecule has 0 radical (unpaired) electrons. The van der Waals surface area contributed by atoms with E-state index in [9.17, 15) is 14.4 Å². The number of hydrogen-bond donors (Lipinski definition) is 0. The summed E-state index contributed by atoms with van der Waals surface area (Å²) in [6.07, 6.45) is 5.38. The number of carbonyl (C=O) groups is 3. The van der Waals surface area contributed by atoms with E-state index in [1.165, 1.54) is 17.7 Å². The average Bonchev–Trinajstić information content (AvgIpc) is 2.87. The maximum Gasteiger partial charge on any atom is 0.261 e. The maximum absolute atomic E-state index is 12.4. The Morgan fingerprint density at radius 3 is 2.20 bits per heavy atom. The van der Waals surface area contributed by atoms with Gasteiger partial charge in [-0.15, -0.1) is 0 Å². The Labute approximate surface area is 149 Å². The molecule has 134 valence electrons.